The summed E-state index contributed by atoms with van der Waals surface area (Å²) in [5.41, 5.74) is 1.54. The average molecular weight is 438 g/mol. The summed E-state index contributed by atoms with van der Waals surface area (Å²) in [5, 5.41) is 11.0. The highest BCUT2D eigenvalue weighted by atomic mass is 19.1. The number of halogens is 1. The fraction of sp³-hybridized carbons (Fsp3) is 0.360. The Hall–Kier alpha value is -3.03. The lowest BCUT2D eigenvalue weighted by atomic mass is 9.94. The van der Waals surface area contributed by atoms with E-state index < -0.39 is 23.5 Å². The molecule has 0 spiro atoms. The number of aliphatic hydroxyl groups is 1. The number of Topliss-reactive ketones (excluding diaryl/α,β-unsaturated/α-hetero) is 1. The van der Waals surface area contributed by atoms with Gasteiger partial charge in [0.25, 0.3) is 11.7 Å². The van der Waals surface area contributed by atoms with Gasteiger partial charge in [0.05, 0.1) is 24.8 Å². The Morgan fingerprint density at radius 2 is 1.75 bits per heavy atom. The van der Waals surface area contributed by atoms with Crippen LogP contribution in [0.1, 0.15) is 29.2 Å². The zero-order valence-corrected chi connectivity index (χ0v) is 18.1. The molecule has 32 heavy (non-hydrogen) atoms. The average Bonchev–Trinajstić information content (AvgIpc) is 3.05. The molecule has 0 aliphatic carbocycles. The van der Waals surface area contributed by atoms with Crippen LogP contribution in [0, 0.1) is 12.7 Å². The summed E-state index contributed by atoms with van der Waals surface area (Å²) in [7, 11) is 0. The second-order valence-corrected chi connectivity index (χ2v) is 8.19. The number of rotatable bonds is 6. The van der Waals surface area contributed by atoms with Gasteiger partial charge < -0.3 is 14.7 Å². The lowest BCUT2D eigenvalue weighted by Gasteiger charge is -2.29. The van der Waals surface area contributed by atoms with Crippen LogP contribution in [0.4, 0.5) is 4.39 Å². The van der Waals surface area contributed by atoms with Crippen LogP contribution in [0.2, 0.25) is 0 Å². The highest BCUT2D eigenvalue weighted by Gasteiger charge is 2.46. The third-order valence-electron chi connectivity index (χ3n) is 6.04. The van der Waals surface area contributed by atoms with Crippen LogP contribution in [-0.2, 0) is 14.3 Å². The monoisotopic (exact) mass is 438 g/mol. The number of ketones is 1. The van der Waals surface area contributed by atoms with Gasteiger partial charge >= 0.3 is 0 Å². The molecule has 7 heteroatoms. The predicted octanol–water partition coefficient (Wildman–Crippen LogP) is 3.28. The molecule has 2 aromatic rings. The number of hydrogen-bond donors (Lipinski definition) is 1. The number of hydrogen-bond acceptors (Lipinski definition) is 5. The number of amides is 1. The van der Waals surface area contributed by atoms with Crippen molar-refractivity contribution in [1.82, 2.24) is 9.80 Å². The Labute approximate surface area is 186 Å². The molecule has 1 amide bonds. The molecule has 0 saturated carbocycles. The molecule has 6 nitrogen and oxygen atoms in total. The number of ether oxygens (including phenoxy) is 1. The van der Waals surface area contributed by atoms with E-state index in [0.29, 0.717) is 25.2 Å². The first-order valence-electron chi connectivity index (χ1n) is 10.9. The zero-order valence-electron chi connectivity index (χ0n) is 18.1. The van der Waals surface area contributed by atoms with Gasteiger partial charge in [0, 0.05) is 37.3 Å². The number of aliphatic hydroxyl groups excluding tert-OH is 1. The van der Waals surface area contributed by atoms with Crippen molar-refractivity contribution in [2.24, 2.45) is 0 Å². The van der Waals surface area contributed by atoms with Crippen molar-refractivity contribution < 1.29 is 23.8 Å². The van der Waals surface area contributed by atoms with Crippen molar-refractivity contribution >= 4 is 17.4 Å². The third-order valence-corrected chi connectivity index (χ3v) is 6.04. The number of aryl methyl sites for hydroxylation is 1. The fourth-order valence-electron chi connectivity index (χ4n) is 4.29. The summed E-state index contributed by atoms with van der Waals surface area (Å²) in [5.74, 6) is -2.31. The van der Waals surface area contributed by atoms with E-state index in [-0.39, 0.29) is 23.4 Å². The van der Waals surface area contributed by atoms with Gasteiger partial charge in [-0.1, -0.05) is 48.0 Å². The van der Waals surface area contributed by atoms with Crippen LogP contribution in [0.25, 0.3) is 5.76 Å². The molecule has 2 aliphatic heterocycles. The number of morpholine rings is 1. The molecule has 2 saturated heterocycles. The molecule has 168 valence electrons. The van der Waals surface area contributed by atoms with Crippen molar-refractivity contribution in [3.8, 4) is 0 Å². The van der Waals surface area contributed by atoms with E-state index in [1.165, 1.54) is 11.0 Å². The molecule has 1 N–H and O–H groups in total. The topological polar surface area (TPSA) is 70.1 Å². The zero-order chi connectivity index (χ0) is 22.7. The maximum Gasteiger partial charge on any atom is 0.295 e. The Kier molecular flexibility index (Phi) is 6.67. The van der Waals surface area contributed by atoms with Gasteiger partial charge in [0.1, 0.15) is 11.6 Å². The number of benzene rings is 2. The largest absolute Gasteiger partial charge is 0.507 e. The van der Waals surface area contributed by atoms with E-state index in [4.69, 9.17) is 4.74 Å². The van der Waals surface area contributed by atoms with Crippen LogP contribution >= 0.6 is 0 Å². The van der Waals surface area contributed by atoms with Crippen molar-refractivity contribution in [2.45, 2.75) is 19.4 Å². The molecule has 0 unspecified atom stereocenters. The van der Waals surface area contributed by atoms with Crippen molar-refractivity contribution in [3.63, 3.8) is 0 Å². The minimum absolute atomic E-state index is 0.0738. The maximum atomic E-state index is 14.8. The molecular formula is C25H27FN2O4. The van der Waals surface area contributed by atoms with E-state index in [0.717, 1.165) is 25.2 Å². The molecular weight excluding hydrogens is 411 g/mol. The summed E-state index contributed by atoms with van der Waals surface area (Å²) in [6.07, 6.45) is 0.628. The lowest BCUT2D eigenvalue weighted by molar-refractivity contribution is -0.140. The van der Waals surface area contributed by atoms with E-state index in [1.807, 2.05) is 19.1 Å². The number of likely N-dealkylation sites (tertiary alicyclic amines) is 1. The first-order chi connectivity index (χ1) is 15.5. The van der Waals surface area contributed by atoms with Crippen LogP contribution in [0.5, 0.6) is 0 Å². The summed E-state index contributed by atoms with van der Waals surface area (Å²) in [6.45, 7) is 5.94. The Morgan fingerprint density at radius 1 is 1.06 bits per heavy atom. The van der Waals surface area contributed by atoms with E-state index >= 15 is 0 Å². The van der Waals surface area contributed by atoms with E-state index in [1.54, 1.807) is 30.3 Å². The fourth-order valence-corrected chi connectivity index (χ4v) is 4.29. The standard InChI is InChI=1S/C25H27FN2O4/c1-17-7-9-18(10-8-17)23(29)21-22(19-5-2-3-6-20(19)26)28(25(31)24(21)30)12-4-11-27-13-15-32-16-14-27/h2-3,5-10,22,29H,4,11-16H2,1H3/t22-/m0/s1. The summed E-state index contributed by atoms with van der Waals surface area (Å²) < 4.78 is 20.2. The molecule has 2 fully saturated rings. The molecule has 2 aliphatic rings. The van der Waals surface area contributed by atoms with Gasteiger partial charge in [-0.15, -0.1) is 0 Å². The van der Waals surface area contributed by atoms with Crippen LogP contribution < -0.4 is 0 Å². The van der Waals surface area contributed by atoms with Crippen LogP contribution in [0.3, 0.4) is 0 Å². The second kappa shape index (κ2) is 9.63. The van der Waals surface area contributed by atoms with E-state index in [9.17, 15) is 19.1 Å². The molecule has 0 radical (unpaired) electrons. The summed E-state index contributed by atoms with van der Waals surface area (Å²) in [4.78, 5) is 29.6. The van der Waals surface area contributed by atoms with Gasteiger partial charge in [-0.2, -0.15) is 0 Å². The molecule has 1 atom stereocenters. The Bertz CT molecular complexity index is 1030. The second-order valence-electron chi connectivity index (χ2n) is 8.19. The Morgan fingerprint density at radius 3 is 2.44 bits per heavy atom. The van der Waals surface area contributed by atoms with Crippen LogP contribution in [-0.4, -0.2) is 66.0 Å². The molecule has 2 aromatic carbocycles. The predicted molar refractivity (Wildman–Crippen MR) is 118 cm³/mol. The number of carbonyl (C=O) groups excluding carboxylic acids is 2. The first-order valence-corrected chi connectivity index (χ1v) is 10.9. The van der Waals surface area contributed by atoms with Gasteiger partial charge in [-0.25, -0.2) is 4.39 Å². The Balaban J connectivity index is 1.68. The normalized spacial score (nSPS) is 21.3. The minimum Gasteiger partial charge on any atom is -0.507 e. The molecule has 0 aromatic heterocycles. The van der Waals surface area contributed by atoms with E-state index in [2.05, 4.69) is 4.90 Å². The first kappa shape index (κ1) is 22.2. The number of nitrogens with zero attached hydrogens (tertiary/aromatic N) is 2. The highest BCUT2D eigenvalue weighted by Crippen LogP contribution is 2.40. The maximum absolute atomic E-state index is 14.8. The summed E-state index contributed by atoms with van der Waals surface area (Å²) in [6, 6.07) is 12.1. The smallest absolute Gasteiger partial charge is 0.295 e. The molecule has 2 heterocycles. The SMILES string of the molecule is Cc1ccc(C(O)=C2C(=O)C(=O)N(CCCN3CCOCC3)[C@H]2c2ccccc2F)cc1. The minimum atomic E-state index is -0.970. The van der Waals surface area contributed by atoms with Gasteiger partial charge in [0.15, 0.2) is 0 Å². The van der Waals surface area contributed by atoms with Gasteiger partial charge in [0.2, 0.25) is 0 Å². The van der Waals surface area contributed by atoms with Crippen molar-refractivity contribution in [2.75, 3.05) is 39.4 Å². The van der Waals surface area contributed by atoms with Crippen molar-refractivity contribution in [1.29, 1.82) is 0 Å². The van der Waals surface area contributed by atoms with Gasteiger partial charge in [-0.3, -0.25) is 14.5 Å². The lowest BCUT2D eigenvalue weighted by Crippen LogP contribution is -2.39. The number of carbonyl (C=O) groups is 2. The molecule has 4 rings (SSSR count). The van der Waals surface area contributed by atoms with Crippen molar-refractivity contribution in [3.05, 3.63) is 76.6 Å². The highest BCUT2D eigenvalue weighted by molar-refractivity contribution is 6.46. The van der Waals surface area contributed by atoms with Gasteiger partial charge in [-0.05, 0) is 19.4 Å². The van der Waals surface area contributed by atoms with Crippen LogP contribution in [0.15, 0.2) is 54.1 Å². The summed E-state index contributed by atoms with van der Waals surface area (Å²) >= 11 is 0. The quantitative estimate of drug-likeness (QED) is 0.426. The third kappa shape index (κ3) is 4.45. The molecule has 0 bridgehead atoms.